The first-order valence-electron chi connectivity index (χ1n) is 9.56. The largest absolute Gasteiger partial charge is 0.471 e. The van der Waals surface area contributed by atoms with Crippen LogP contribution in [0.15, 0.2) is 23.5 Å². The van der Waals surface area contributed by atoms with E-state index in [2.05, 4.69) is 0 Å². The Morgan fingerprint density at radius 3 is 2.60 bits per heavy atom. The molecule has 0 saturated carbocycles. The number of esters is 2. The number of aliphatic hydroxyl groups excluding tert-OH is 4. The first-order chi connectivity index (χ1) is 14.2. The summed E-state index contributed by atoms with van der Waals surface area (Å²) in [5.74, 6) is -2.09. The Balaban J connectivity index is 1.60. The summed E-state index contributed by atoms with van der Waals surface area (Å²) in [6.45, 7) is 2.31. The van der Waals surface area contributed by atoms with Crippen molar-refractivity contribution < 1.29 is 53.7 Å². The molecule has 0 aromatic carbocycles. The Bertz CT molecular complexity index is 789. The highest BCUT2D eigenvalue weighted by molar-refractivity contribution is 5.93. The highest BCUT2D eigenvalue weighted by atomic mass is 16.8. The lowest BCUT2D eigenvalue weighted by molar-refractivity contribution is -0.340. The van der Waals surface area contributed by atoms with Crippen molar-refractivity contribution >= 4 is 11.9 Å². The molecule has 3 heterocycles. The molecule has 0 bridgehead atoms. The van der Waals surface area contributed by atoms with Crippen molar-refractivity contribution in [2.75, 3.05) is 13.2 Å². The molecule has 11 heteroatoms. The molecule has 9 atom stereocenters. The summed E-state index contributed by atoms with van der Waals surface area (Å²) in [5, 5.41) is 39.6. The van der Waals surface area contributed by atoms with Crippen LogP contribution in [0.3, 0.4) is 0 Å². The summed E-state index contributed by atoms with van der Waals surface area (Å²) in [6, 6.07) is 0. The highest BCUT2D eigenvalue weighted by Crippen LogP contribution is 2.54. The third-order valence-electron chi connectivity index (χ3n) is 5.94. The number of hydrogen-bond donors (Lipinski definition) is 4. The van der Waals surface area contributed by atoms with Crippen molar-refractivity contribution in [3.8, 4) is 0 Å². The average molecular weight is 428 g/mol. The lowest BCUT2D eigenvalue weighted by atomic mass is 9.79. The quantitative estimate of drug-likeness (QED) is 0.286. The standard InChI is InChI=1S/C19H24O11/c1-7(21)26-5-8-3-19(2)12-9(16(25)30-19)6-27-17(11(8)12)29-18-15(24)14(23)13(22)10(4-20)28-18/h3,6,10-15,17-18,20,22-24H,4-5H2,1-2H3. The van der Waals surface area contributed by atoms with Crippen LogP contribution in [0.1, 0.15) is 13.8 Å². The van der Waals surface area contributed by atoms with Gasteiger partial charge >= 0.3 is 11.9 Å². The molecule has 0 amide bonds. The second-order valence-corrected chi connectivity index (χ2v) is 7.99. The lowest BCUT2D eigenvalue weighted by Crippen LogP contribution is -2.60. The molecule has 4 aliphatic rings. The average Bonchev–Trinajstić information content (AvgIpc) is 3.13. The molecule has 4 N–H and O–H groups in total. The lowest BCUT2D eigenvalue weighted by Gasteiger charge is -2.42. The van der Waals surface area contributed by atoms with E-state index in [0.717, 1.165) is 0 Å². The molecule has 0 radical (unpaired) electrons. The van der Waals surface area contributed by atoms with Crippen LogP contribution in [0.5, 0.6) is 0 Å². The van der Waals surface area contributed by atoms with Crippen LogP contribution < -0.4 is 0 Å². The van der Waals surface area contributed by atoms with Crippen LogP contribution >= 0.6 is 0 Å². The monoisotopic (exact) mass is 428 g/mol. The zero-order valence-corrected chi connectivity index (χ0v) is 16.3. The number of ether oxygens (including phenoxy) is 5. The molecule has 30 heavy (non-hydrogen) atoms. The van der Waals surface area contributed by atoms with Crippen LogP contribution in [0.4, 0.5) is 0 Å². The third kappa shape index (κ3) is 3.31. The van der Waals surface area contributed by atoms with E-state index < -0.39 is 73.0 Å². The molecule has 1 aliphatic carbocycles. The fourth-order valence-corrected chi connectivity index (χ4v) is 4.54. The highest BCUT2D eigenvalue weighted by Gasteiger charge is 2.62. The molecule has 0 aromatic heterocycles. The Morgan fingerprint density at radius 1 is 1.20 bits per heavy atom. The zero-order chi connectivity index (χ0) is 21.8. The topological polar surface area (TPSA) is 161 Å². The predicted octanol–water partition coefficient (Wildman–Crippen LogP) is -1.91. The van der Waals surface area contributed by atoms with E-state index in [1.165, 1.54) is 13.2 Å². The minimum Gasteiger partial charge on any atom is -0.471 e. The molecule has 3 aliphatic heterocycles. The number of carbonyl (C=O) groups excluding carboxylic acids is 2. The maximum absolute atomic E-state index is 12.2. The Labute approximate surface area is 171 Å². The second-order valence-electron chi connectivity index (χ2n) is 7.99. The molecule has 4 rings (SSSR count). The molecule has 11 nitrogen and oxygen atoms in total. The van der Waals surface area contributed by atoms with Gasteiger partial charge in [0.05, 0.1) is 30.3 Å². The van der Waals surface area contributed by atoms with Gasteiger partial charge in [0.15, 0.2) is 6.29 Å². The zero-order valence-electron chi connectivity index (χ0n) is 16.3. The SMILES string of the molecule is CC(=O)OCC1=CC2(C)OC(=O)C3=COC(OC4OC(CO)C(O)C(O)C4O)C1C32. The van der Waals surface area contributed by atoms with E-state index in [4.69, 9.17) is 23.7 Å². The van der Waals surface area contributed by atoms with Gasteiger partial charge in [0.2, 0.25) is 6.29 Å². The van der Waals surface area contributed by atoms with E-state index in [-0.39, 0.29) is 6.61 Å². The number of aliphatic hydroxyl groups is 4. The fourth-order valence-electron chi connectivity index (χ4n) is 4.54. The van der Waals surface area contributed by atoms with Crippen molar-refractivity contribution in [3.63, 3.8) is 0 Å². The van der Waals surface area contributed by atoms with Gasteiger partial charge in [0.25, 0.3) is 0 Å². The van der Waals surface area contributed by atoms with Crippen molar-refractivity contribution in [1.29, 1.82) is 0 Å². The smallest absolute Gasteiger partial charge is 0.338 e. The molecule has 2 saturated heterocycles. The Morgan fingerprint density at radius 2 is 1.93 bits per heavy atom. The summed E-state index contributed by atoms with van der Waals surface area (Å²) in [6.07, 6.45) is -5.50. The maximum atomic E-state index is 12.2. The summed E-state index contributed by atoms with van der Waals surface area (Å²) in [4.78, 5) is 23.5. The Hall–Kier alpha value is -2.02. The van der Waals surface area contributed by atoms with Gasteiger partial charge in [0, 0.05) is 6.92 Å². The van der Waals surface area contributed by atoms with Crippen LogP contribution in [0.2, 0.25) is 0 Å². The normalized spacial score (nSPS) is 44.5. The minimum absolute atomic E-state index is 0.0746. The molecule has 9 unspecified atom stereocenters. The van der Waals surface area contributed by atoms with E-state index in [1.807, 2.05) is 0 Å². The van der Waals surface area contributed by atoms with Crippen LogP contribution in [0.25, 0.3) is 0 Å². The number of hydrogen-bond acceptors (Lipinski definition) is 11. The number of rotatable bonds is 5. The van der Waals surface area contributed by atoms with Gasteiger partial charge in [-0.25, -0.2) is 4.79 Å². The molecule has 0 spiro atoms. The number of carbonyl (C=O) groups is 2. The second kappa shape index (κ2) is 7.59. The van der Waals surface area contributed by atoms with E-state index in [1.54, 1.807) is 13.0 Å². The fraction of sp³-hybridized carbons (Fsp3) is 0.684. The molecule has 0 aromatic rings. The van der Waals surface area contributed by atoms with Gasteiger partial charge in [-0.15, -0.1) is 0 Å². The Kier molecular flexibility index (Phi) is 5.37. The minimum atomic E-state index is -1.62. The maximum Gasteiger partial charge on any atom is 0.338 e. The van der Waals surface area contributed by atoms with Gasteiger partial charge in [-0.1, -0.05) is 0 Å². The van der Waals surface area contributed by atoms with Crippen LogP contribution in [-0.4, -0.2) is 88.2 Å². The van der Waals surface area contributed by atoms with E-state index in [0.29, 0.717) is 11.1 Å². The molecule has 2 fully saturated rings. The van der Waals surface area contributed by atoms with Crippen molar-refractivity contribution in [2.45, 2.75) is 56.4 Å². The predicted molar refractivity (Wildman–Crippen MR) is 94.0 cm³/mol. The van der Waals surface area contributed by atoms with Gasteiger partial charge in [-0.2, -0.15) is 0 Å². The van der Waals surface area contributed by atoms with Gasteiger partial charge in [0.1, 0.15) is 36.6 Å². The first kappa shape index (κ1) is 21.2. The summed E-state index contributed by atoms with van der Waals surface area (Å²) >= 11 is 0. The summed E-state index contributed by atoms with van der Waals surface area (Å²) in [7, 11) is 0. The first-order valence-corrected chi connectivity index (χ1v) is 9.56. The van der Waals surface area contributed by atoms with Crippen molar-refractivity contribution in [3.05, 3.63) is 23.5 Å². The van der Waals surface area contributed by atoms with Crippen molar-refractivity contribution in [1.82, 2.24) is 0 Å². The summed E-state index contributed by atoms with van der Waals surface area (Å²) in [5.41, 5.74) is -0.0697. The van der Waals surface area contributed by atoms with Gasteiger partial charge in [-0.05, 0) is 18.6 Å². The van der Waals surface area contributed by atoms with Crippen LogP contribution in [-0.2, 0) is 33.3 Å². The van der Waals surface area contributed by atoms with Gasteiger partial charge < -0.3 is 44.1 Å². The van der Waals surface area contributed by atoms with Crippen molar-refractivity contribution in [2.24, 2.45) is 11.8 Å². The van der Waals surface area contributed by atoms with Crippen LogP contribution in [0, 0.1) is 11.8 Å². The molecular weight excluding hydrogens is 404 g/mol. The van der Waals surface area contributed by atoms with E-state index >= 15 is 0 Å². The molecular formula is C19H24O11. The van der Waals surface area contributed by atoms with Gasteiger partial charge in [-0.3, -0.25) is 4.79 Å². The summed E-state index contributed by atoms with van der Waals surface area (Å²) < 4.78 is 27.4. The van der Waals surface area contributed by atoms with E-state index in [9.17, 15) is 30.0 Å². The molecule has 166 valence electrons. The third-order valence-corrected chi connectivity index (χ3v) is 5.94.